The number of hydrogen-bond acceptors (Lipinski definition) is 3. The maximum atomic E-state index is 6.07. The van der Waals surface area contributed by atoms with Crippen LogP contribution in [-0.4, -0.2) is 20.6 Å². The summed E-state index contributed by atoms with van der Waals surface area (Å²) in [7, 11) is 0. The number of rotatable bonds is 3. The Morgan fingerprint density at radius 2 is 1.87 bits per heavy atom. The van der Waals surface area contributed by atoms with E-state index >= 15 is 0 Å². The zero-order chi connectivity index (χ0) is 16.4. The fourth-order valence-corrected chi connectivity index (χ4v) is 2.56. The molecular formula is C16H12Cl2N4S. The molecule has 1 N–H and O–H groups in total. The van der Waals surface area contributed by atoms with Crippen LogP contribution in [0.1, 0.15) is 12.5 Å². The number of H-pyrrole nitrogens is 1. The maximum absolute atomic E-state index is 6.07. The van der Waals surface area contributed by atoms with Crippen molar-refractivity contribution in [2.75, 3.05) is 0 Å². The number of halogens is 2. The Labute approximate surface area is 148 Å². The van der Waals surface area contributed by atoms with Crippen molar-refractivity contribution in [3.05, 3.63) is 68.9 Å². The molecule has 0 aliphatic heterocycles. The van der Waals surface area contributed by atoms with Gasteiger partial charge in [-0.3, -0.25) is 0 Å². The Morgan fingerprint density at radius 1 is 1.13 bits per heavy atom. The Kier molecular flexibility index (Phi) is 4.61. The highest BCUT2D eigenvalue weighted by atomic mass is 35.5. The smallest absolute Gasteiger partial charge is 0.216 e. The standard InChI is InChI=1S/C16H12Cl2N4S/c1-10(12-7-8-13(17)14(18)9-12)21-22-15(19-20-16(22)23)11-5-3-2-4-6-11/h2-9H,1H3,(H,20,23). The summed E-state index contributed by atoms with van der Waals surface area (Å²) in [4.78, 5) is 0. The number of aromatic amines is 1. The number of hydrogen-bond donors (Lipinski definition) is 1. The Balaban J connectivity index is 2.07. The molecule has 1 heterocycles. The zero-order valence-corrected chi connectivity index (χ0v) is 14.5. The van der Waals surface area contributed by atoms with Gasteiger partial charge < -0.3 is 0 Å². The molecule has 1 aromatic heterocycles. The van der Waals surface area contributed by atoms with Gasteiger partial charge in [0, 0.05) is 5.56 Å². The van der Waals surface area contributed by atoms with Gasteiger partial charge in [0.2, 0.25) is 4.77 Å². The second-order valence-corrected chi connectivity index (χ2v) is 6.05. The van der Waals surface area contributed by atoms with Gasteiger partial charge in [-0.05, 0) is 36.8 Å². The summed E-state index contributed by atoms with van der Waals surface area (Å²) in [6.45, 7) is 1.88. The maximum Gasteiger partial charge on any atom is 0.216 e. The highest BCUT2D eigenvalue weighted by Crippen LogP contribution is 2.23. The van der Waals surface area contributed by atoms with Crippen molar-refractivity contribution < 1.29 is 0 Å². The minimum atomic E-state index is 0.420. The molecule has 3 aromatic rings. The van der Waals surface area contributed by atoms with Gasteiger partial charge in [0.25, 0.3) is 0 Å². The largest absolute Gasteiger partial charge is 0.250 e. The first-order chi connectivity index (χ1) is 11.1. The summed E-state index contributed by atoms with van der Waals surface area (Å²) >= 11 is 17.3. The SMILES string of the molecule is CC(=Nn1c(-c2ccccc2)n[nH]c1=S)c1ccc(Cl)c(Cl)c1. The average Bonchev–Trinajstić information content (AvgIpc) is 2.92. The highest BCUT2D eigenvalue weighted by molar-refractivity contribution is 7.71. The van der Waals surface area contributed by atoms with Crippen molar-refractivity contribution in [3.8, 4) is 11.4 Å². The Bertz CT molecular complexity index is 929. The van der Waals surface area contributed by atoms with Gasteiger partial charge in [-0.1, -0.05) is 59.6 Å². The van der Waals surface area contributed by atoms with E-state index < -0.39 is 0 Å². The van der Waals surface area contributed by atoms with Crippen LogP contribution in [0.4, 0.5) is 0 Å². The zero-order valence-electron chi connectivity index (χ0n) is 12.1. The molecule has 0 saturated heterocycles. The monoisotopic (exact) mass is 362 g/mol. The molecule has 0 saturated carbocycles. The Morgan fingerprint density at radius 3 is 2.57 bits per heavy atom. The second-order valence-electron chi connectivity index (χ2n) is 4.84. The second kappa shape index (κ2) is 6.66. The van der Waals surface area contributed by atoms with Crippen molar-refractivity contribution in [2.45, 2.75) is 6.92 Å². The predicted molar refractivity (Wildman–Crippen MR) is 96.9 cm³/mol. The molecule has 0 radical (unpaired) electrons. The van der Waals surface area contributed by atoms with Gasteiger partial charge in [0.15, 0.2) is 5.82 Å². The lowest BCUT2D eigenvalue weighted by Gasteiger charge is -2.05. The van der Waals surface area contributed by atoms with Crippen molar-refractivity contribution in [1.82, 2.24) is 14.9 Å². The lowest BCUT2D eigenvalue weighted by atomic mass is 10.1. The van der Waals surface area contributed by atoms with Crippen molar-refractivity contribution in [3.63, 3.8) is 0 Å². The summed E-state index contributed by atoms with van der Waals surface area (Å²) in [6.07, 6.45) is 0. The number of benzene rings is 2. The lowest BCUT2D eigenvalue weighted by Crippen LogP contribution is -2.01. The first-order valence-corrected chi connectivity index (χ1v) is 7.96. The molecule has 23 heavy (non-hydrogen) atoms. The van der Waals surface area contributed by atoms with Crippen LogP contribution in [-0.2, 0) is 0 Å². The van der Waals surface area contributed by atoms with Gasteiger partial charge in [-0.15, -0.1) is 0 Å². The molecule has 0 fully saturated rings. The molecule has 2 aromatic carbocycles. The molecule has 0 bridgehead atoms. The first-order valence-electron chi connectivity index (χ1n) is 6.80. The van der Waals surface area contributed by atoms with Crippen molar-refractivity contribution in [1.29, 1.82) is 0 Å². The number of nitrogens with zero attached hydrogens (tertiary/aromatic N) is 3. The molecule has 0 unspecified atom stereocenters. The van der Waals surface area contributed by atoms with E-state index in [9.17, 15) is 0 Å². The van der Waals surface area contributed by atoms with Crippen LogP contribution in [0.15, 0.2) is 53.6 Å². The van der Waals surface area contributed by atoms with Crippen LogP contribution >= 0.6 is 35.4 Å². The topological polar surface area (TPSA) is 46.0 Å². The van der Waals surface area contributed by atoms with E-state index in [1.807, 2.05) is 43.3 Å². The minimum Gasteiger partial charge on any atom is -0.250 e. The lowest BCUT2D eigenvalue weighted by molar-refractivity contribution is 0.864. The van der Waals surface area contributed by atoms with Gasteiger partial charge >= 0.3 is 0 Å². The predicted octanol–water partition coefficient (Wildman–Crippen LogP) is 5.19. The van der Waals surface area contributed by atoms with Crippen LogP contribution in [0.2, 0.25) is 10.0 Å². The molecule has 0 amide bonds. The molecule has 116 valence electrons. The van der Waals surface area contributed by atoms with Gasteiger partial charge in [0.1, 0.15) is 0 Å². The molecular weight excluding hydrogens is 351 g/mol. The molecule has 0 atom stereocenters. The van der Waals surface area contributed by atoms with E-state index in [4.69, 9.17) is 35.4 Å². The quantitative estimate of drug-likeness (QED) is 0.514. The summed E-state index contributed by atoms with van der Waals surface area (Å²) in [5.41, 5.74) is 2.53. The van der Waals surface area contributed by atoms with E-state index in [0.717, 1.165) is 16.8 Å². The molecule has 0 spiro atoms. The normalized spacial score (nSPS) is 11.7. The van der Waals surface area contributed by atoms with Gasteiger partial charge in [-0.25, -0.2) is 5.10 Å². The number of nitrogens with one attached hydrogen (secondary N) is 1. The molecule has 4 nitrogen and oxygen atoms in total. The van der Waals surface area contributed by atoms with E-state index in [2.05, 4.69) is 15.3 Å². The van der Waals surface area contributed by atoms with E-state index in [-0.39, 0.29) is 0 Å². The van der Waals surface area contributed by atoms with Crippen LogP contribution in [0.5, 0.6) is 0 Å². The molecule has 7 heteroatoms. The third-order valence-corrected chi connectivity index (χ3v) is 4.27. The fraction of sp³-hybridized carbons (Fsp3) is 0.0625. The molecule has 0 aliphatic carbocycles. The van der Waals surface area contributed by atoms with Gasteiger partial charge in [0.05, 0.1) is 15.8 Å². The summed E-state index contributed by atoms with van der Waals surface area (Å²) in [5.74, 6) is 0.648. The highest BCUT2D eigenvalue weighted by Gasteiger charge is 2.09. The van der Waals surface area contributed by atoms with Crippen molar-refractivity contribution in [2.24, 2.45) is 5.10 Å². The Hall–Kier alpha value is -1.95. The fourth-order valence-electron chi connectivity index (χ4n) is 2.09. The van der Waals surface area contributed by atoms with Crippen LogP contribution in [0.3, 0.4) is 0 Å². The van der Waals surface area contributed by atoms with Crippen molar-refractivity contribution >= 4 is 41.1 Å². The molecule has 3 rings (SSSR count). The summed E-state index contributed by atoms with van der Waals surface area (Å²) in [6, 6.07) is 15.1. The first kappa shape index (κ1) is 15.9. The van der Waals surface area contributed by atoms with E-state index in [1.165, 1.54) is 0 Å². The van der Waals surface area contributed by atoms with Crippen LogP contribution in [0.25, 0.3) is 11.4 Å². The van der Waals surface area contributed by atoms with E-state index in [0.29, 0.717) is 20.6 Å². The summed E-state index contributed by atoms with van der Waals surface area (Å²) < 4.78 is 2.02. The summed E-state index contributed by atoms with van der Waals surface area (Å²) in [5, 5.41) is 12.6. The minimum absolute atomic E-state index is 0.420. The van der Waals surface area contributed by atoms with Gasteiger partial charge in [-0.2, -0.15) is 14.9 Å². The third-order valence-electron chi connectivity index (χ3n) is 3.27. The number of aromatic nitrogens is 3. The van der Waals surface area contributed by atoms with Crippen LogP contribution in [0, 0.1) is 4.77 Å². The average molecular weight is 363 g/mol. The molecule has 0 aliphatic rings. The van der Waals surface area contributed by atoms with E-state index in [1.54, 1.807) is 16.8 Å². The van der Waals surface area contributed by atoms with Crippen LogP contribution < -0.4 is 0 Å². The third kappa shape index (κ3) is 3.37.